The number of carbonyl (C=O) groups is 1. The molecule has 0 bridgehead atoms. The Bertz CT molecular complexity index is 836. The molecule has 4 nitrogen and oxygen atoms in total. The summed E-state index contributed by atoms with van der Waals surface area (Å²) in [7, 11) is 0. The Balaban J connectivity index is 1.83. The molecule has 0 aliphatic heterocycles. The minimum absolute atomic E-state index is 0.0900. The zero-order chi connectivity index (χ0) is 16.4. The number of fused-ring (bicyclic) bond motifs is 1. The molecule has 1 amide bonds. The van der Waals surface area contributed by atoms with Gasteiger partial charge in [0, 0.05) is 0 Å². The number of amides is 1. The van der Waals surface area contributed by atoms with Crippen molar-refractivity contribution in [1.29, 1.82) is 0 Å². The fourth-order valence-electron chi connectivity index (χ4n) is 2.33. The van der Waals surface area contributed by atoms with Crippen LogP contribution in [0.2, 0.25) is 0 Å². The zero-order valence-corrected chi connectivity index (χ0v) is 14.9. The van der Waals surface area contributed by atoms with E-state index in [0.717, 1.165) is 26.4 Å². The number of thiazole rings is 1. The third-order valence-electron chi connectivity index (χ3n) is 3.42. The van der Waals surface area contributed by atoms with Crippen LogP contribution in [-0.4, -0.2) is 17.5 Å². The molecule has 0 aliphatic rings. The van der Waals surface area contributed by atoms with E-state index in [0.29, 0.717) is 17.7 Å². The van der Waals surface area contributed by atoms with Crippen LogP contribution >= 0.6 is 22.7 Å². The first-order chi connectivity index (χ1) is 11.1. The van der Waals surface area contributed by atoms with Gasteiger partial charge in [-0.25, -0.2) is 4.98 Å². The molecule has 0 unspecified atom stereocenters. The standard InChI is InChI=1S/C17H18N2O2S2/c1-4-21-11-5-6-13-14(9-11)23-17(18-13)19-16(20)15-12(10(2)3)7-8-22-15/h5-10H,4H2,1-3H3,(H,18,19,20). The van der Waals surface area contributed by atoms with Crippen molar-refractivity contribution in [3.63, 3.8) is 0 Å². The van der Waals surface area contributed by atoms with E-state index < -0.39 is 0 Å². The third-order valence-corrected chi connectivity index (χ3v) is 5.28. The average Bonchev–Trinajstić information content (AvgIpc) is 3.12. The fourth-order valence-corrected chi connectivity index (χ4v) is 4.17. The van der Waals surface area contributed by atoms with Crippen LogP contribution in [0.25, 0.3) is 10.2 Å². The molecule has 2 heterocycles. The molecule has 0 fully saturated rings. The lowest BCUT2D eigenvalue weighted by molar-refractivity contribution is 0.102. The highest BCUT2D eigenvalue weighted by Gasteiger charge is 2.17. The van der Waals surface area contributed by atoms with Gasteiger partial charge in [0.1, 0.15) is 5.75 Å². The van der Waals surface area contributed by atoms with Crippen LogP contribution in [0.3, 0.4) is 0 Å². The normalized spacial score (nSPS) is 11.1. The lowest BCUT2D eigenvalue weighted by atomic mass is 10.0. The van der Waals surface area contributed by atoms with Crippen LogP contribution in [-0.2, 0) is 0 Å². The lowest BCUT2D eigenvalue weighted by Gasteiger charge is -2.06. The Morgan fingerprint density at radius 2 is 2.17 bits per heavy atom. The van der Waals surface area contributed by atoms with E-state index in [1.807, 2.05) is 36.6 Å². The Morgan fingerprint density at radius 3 is 2.91 bits per heavy atom. The predicted octanol–water partition coefficient (Wildman–Crippen LogP) is 5.13. The molecule has 6 heteroatoms. The number of rotatable bonds is 5. The van der Waals surface area contributed by atoms with Crippen LogP contribution in [0.5, 0.6) is 5.75 Å². The Morgan fingerprint density at radius 1 is 1.35 bits per heavy atom. The summed E-state index contributed by atoms with van der Waals surface area (Å²) in [5.41, 5.74) is 1.94. The van der Waals surface area contributed by atoms with E-state index in [4.69, 9.17) is 4.74 Å². The van der Waals surface area contributed by atoms with Crippen molar-refractivity contribution in [2.45, 2.75) is 26.7 Å². The van der Waals surface area contributed by atoms with Gasteiger partial charge in [-0.1, -0.05) is 25.2 Å². The van der Waals surface area contributed by atoms with Crippen molar-refractivity contribution in [3.05, 3.63) is 40.1 Å². The van der Waals surface area contributed by atoms with E-state index in [1.54, 1.807) is 0 Å². The van der Waals surface area contributed by atoms with Crippen LogP contribution in [0, 0.1) is 0 Å². The Kier molecular flexibility index (Phi) is 4.63. The average molecular weight is 346 g/mol. The van der Waals surface area contributed by atoms with Crippen molar-refractivity contribution < 1.29 is 9.53 Å². The van der Waals surface area contributed by atoms with E-state index in [1.165, 1.54) is 22.7 Å². The smallest absolute Gasteiger partial charge is 0.267 e. The van der Waals surface area contributed by atoms with E-state index >= 15 is 0 Å². The largest absolute Gasteiger partial charge is 0.494 e. The number of benzene rings is 1. The summed E-state index contributed by atoms with van der Waals surface area (Å²) in [6.07, 6.45) is 0. The first-order valence-electron chi connectivity index (χ1n) is 7.50. The molecule has 0 spiro atoms. The van der Waals surface area contributed by atoms with Gasteiger partial charge >= 0.3 is 0 Å². The maximum atomic E-state index is 12.5. The van der Waals surface area contributed by atoms with Gasteiger partial charge in [0.05, 0.1) is 21.7 Å². The second kappa shape index (κ2) is 6.68. The topological polar surface area (TPSA) is 51.2 Å². The van der Waals surface area contributed by atoms with Crippen LogP contribution < -0.4 is 10.1 Å². The number of hydrogen-bond acceptors (Lipinski definition) is 5. The number of aromatic nitrogens is 1. The van der Waals surface area contributed by atoms with Crippen molar-refractivity contribution in [2.75, 3.05) is 11.9 Å². The minimum Gasteiger partial charge on any atom is -0.494 e. The SMILES string of the molecule is CCOc1ccc2nc(NC(=O)c3sccc3C(C)C)sc2c1. The monoisotopic (exact) mass is 346 g/mol. The van der Waals surface area contributed by atoms with Gasteiger partial charge in [0.15, 0.2) is 5.13 Å². The molecule has 0 aliphatic carbocycles. The number of carbonyl (C=O) groups excluding carboxylic acids is 1. The molecule has 3 aromatic rings. The highest BCUT2D eigenvalue weighted by atomic mass is 32.1. The Labute approximate surface area is 143 Å². The summed E-state index contributed by atoms with van der Waals surface area (Å²) >= 11 is 2.92. The van der Waals surface area contributed by atoms with E-state index in [-0.39, 0.29) is 5.91 Å². The van der Waals surface area contributed by atoms with Crippen molar-refractivity contribution >= 4 is 43.9 Å². The second-order valence-corrected chi connectivity index (χ2v) is 7.34. The van der Waals surface area contributed by atoms with Gasteiger partial charge in [-0.05, 0) is 48.1 Å². The van der Waals surface area contributed by atoms with Gasteiger partial charge in [0.2, 0.25) is 0 Å². The minimum atomic E-state index is -0.0900. The molecule has 0 radical (unpaired) electrons. The fraction of sp³-hybridized carbons (Fsp3) is 0.294. The lowest BCUT2D eigenvalue weighted by Crippen LogP contribution is -2.12. The molecule has 0 saturated carbocycles. The van der Waals surface area contributed by atoms with Crippen molar-refractivity contribution in [2.24, 2.45) is 0 Å². The van der Waals surface area contributed by atoms with Gasteiger partial charge in [0.25, 0.3) is 5.91 Å². The first kappa shape index (κ1) is 16.0. The third kappa shape index (κ3) is 3.38. The van der Waals surface area contributed by atoms with E-state index in [2.05, 4.69) is 24.1 Å². The number of thiophene rings is 1. The Hall–Kier alpha value is -1.92. The summed E-state index contributed by atoms with van der Waals surface area (Å²) in [4.78, 5) is 17.7. The van der Waals surface area contributed by atoms with Crippen LogP contribution in [0.4, 0.5) is 5.13 Å². The maximum Gasteiger partial charge on any atom is 0.267 e. The van der Waals surface area contributed by atoms with Crippen molar-refractivity contribution in [1.82, 2.24) is 4.98 Å². The molecule has 0 saturated heterocycles. The molecule has 2 aromatic heterocycles. The summed E-state index contributed by atoms with van der Waals surface area (Å²) < 4.78 is 6.50. The second-order valence-electron chi connectivity index (χ2n) is 5.40. The molecule has 1 aromatic carbocycles. The number of anilines is 1. The molecular weight excluding hydrogens is 328 g/mol. The van der Waals surface area contributed by atoms with E-state index in [9.17, 15) is 4.79 Å². The van der Waals surface area contributed by atoms with Gasteiger partial charge in [-0.15, -0.1) is 11.3 Å². The molecule has 23 heavy (non-hydrogen) atoms. The summed E-state index contributed by atoms with van der Waals surface area (Å²) in [5, 5.41) is 5.49. The highest BCUT2D eigenvalue weighted by Crippen LogP contribution is 2.31. The number of nitrogens with one attached hydrogen (secondary N) is 1. The molecule has 1 N–H and O–H groups in total. The first-order valence-corrected chi connectivity index (χ1v) is 9.20. The van der Waals surface area contributed by atoms with Gasteiger partial charge in [-0.3, -0.25) is 10.1 Å². The molecular formula is C17H18N2O2S2. The molecule has 0 atom stereocenters. The van der Waals surface area contributed by atoms with Crippen LogP contribution in [0.1, 0.15) is 41.9 Å². The maximum absolute atomic E-state index is 12.5. The van der Waals surface area contributed by atoms with Gasteiger partial charge in [-0.2, -0.15) is 0 Å². The predicted molar refractivity (Wildman–Crippen MR) is 97.2 cm³/mol. The molecule has 120 valence electrons. The van der Waals surface area contributed by atoms with Crippen LogP contribution in [0.15, 0.2) is 29.6 Å². The zero-order valence-electron chi connectivity index (χ0n) is 13.3. The van der Waals surface area contributed by atoms with Crippen molar-refractivity contribution in [3.8, 4) is 5.75 Å². The summed E-state index contributed by atoms with van der Waals surface area (Å²) in [6.45, 7) is 6.76. The number of ether oxygens (including phenoxy) is 1. The highest BCUT2D eigenvalue weighted by molar-refractivity contribution is 7.22. The number of hydrogen-bond donors (Lipinski definition) is 1. The number of nitrogens with zero attached hydrogens (tertiary/aromatic N) is 1. The quantitative estimate of drug-likeness (QED) is 0.696. The molecule has 3 rings (SSSR count). The van der Waals surface area contributed by atoms with Gasteiger partial charge < -0.3 is 4.74 Å². The summed E-state index contributed by atoms with van der Waals surface area (Å²) in [5.74, 6) is 1.06. The summed E-state index contributed by atoms with van der Waals surface area (Å²) in [6, 6.07) is 7.78.